The van der Waals surface area contributed by atoms with Crippen molar-refractivity contribution in [1.29, 1.82) is 0 Å². The summed E-state index contributed by atoms with van der Waals surface area (Å²) in [6.07, 6.45) is 1.73. The van der Waals surface area contributed by atoms with Gasteiger partial charge in [0.1, 0.15) is 0 Å². The third kappa shape index (κ3) is 7.11. The molecular formula is C14H22ClN3O2. The van der Waals surface area contributed by atoms with Gasteiger partial charge in [0.15, 0.2) is 0 Å². The van der Waals surface area contributed by atoms with Crippen LogP contribution in [0.1, 0.15) is 26.2 Å². The number of carbonyl (C=O) groups excluding carboxylic acids is 2. The summed E-state index contributed by atoms with van der Waals surface area (Å²) in [5.41, 5.74) is 1.39. The molecule has 0 aliphatic carbocycles. The van der Waals surface area contributed by atoms with Gasteiger partial charge in [0, 0.05) is 30.8 Å². The molecule has 0 bridgehead atoms. The first kappa shape index (κ1) is 18.4. The molecule has 6 heteroatoms. The largest absolute Gasteiger partial charge is 0.326 e. The maximum Gasteiger partial charge on any atom is 0.225 e. The van der Waals surface area contributed by atoms with Crippen molar-refractivity contribution >= 4 is 35.6 Å². The fourth-order valence-electron chi connectivity index (χ4n) is 1.59. The van der Waals surface area contributed by atoms with E-state index in [1.807, 2.05) is 6.92 Å². The molecule has 2 amide bonds. The summed E-state index contributed by atoms with van der Waals surface area (Å²) in [5.74, 6) is -0.0625. The minimum Gasteiger partial charge on any atom is -0.326 e. The molecule has 0 aliphatic heterocycles. The Bertz CT molecular complexity index is 438. The van der Waals surface area contributed by atoms with E-state index in [4.69, 9.17) is 0 Å². The van der Waals surface area contributed by atoms with Crippen LogP contribution in [0.2, 0.25) is 0 Å². The van der Waals surface area contributed by atoms with Crippen molar-refractivity contribution in [2.24, 2.45) is 0 Å². The summed E-state index contributed by atoms with van der Waals surface area (Å²) in [6.45, 7) is 2.59. The van der Waals surface area contributed by atoms with Crippen LogP contribution in [0, 0.1) is 0 Å². The maximum absolute atomic E-state index is 11.6. The van der Waals surface area contributed by atoms with Crippen molar-refractivity contribution in [2.45, 2.75) is 26.2 Å². The van der Waals surface area contributed by atoms with Crippen LogP contribution < -0.4 is 16.0 Å². The Morgan fingerprint density at radius 2 is 1.60 bits per heavy atom. The molecule has 0 atom stereocenters. The lowest BCUT2D eigenvalue weighted by Crippen LogP contribution is -2.18. The van der Waals surface area contributed by atoms with Crippen LogP contribution in [0.3, 0.4) is 0 Å². The van der Waals surface area contributed by atoms with Gasteiger partial charge in [-0.25, -0.2) is 0 Å². The summed E-state index contributed by atoms with van der Waals surface area (Å²) >= 11 is 0. The summed E-state index contributed by atoms with van der Waals surface area (Å²) in [7, 11) is 1.80. The number of rotatable bonds is 7. The highest BCUT2D eigenvalue weighted by Gasteiger charge is 2.04. The number of benzene rings is 1. The van der Waals surface area contributed by atoms with Gasteiger partial charge in [-0.05, 0) is 31.7 Å². The van der Waals surface area contributed by atoms with Crippen molar-refractivity contribution in [2.75, 3.05) is 24.2 Å². The number of carbonyl (C=O) groups is 2. The van der Waals surface area contributed by atoms with E-state index in [0.717, 1.165) is 6.42 Å². The average Bonchev–Trinajstić information content (AvgIpc) is 2.37. The second-order valence-corrected chi connectivity index (χ2v) is 4.28. The molecule has 3 N–H and O–H groups in total. The van der Waals surface area contributed by atoms with Gasteiger partial charge in [-0.1, -0.05) is 13.0 Å². The van der Waals surface area contributed by atoms with E-state index in [1.165, 1.54) is 0 Å². The molecule has 0 heterocycles. The predicted octanol–water partition coefficient (Wildman–Crippen LogP) is 2.40. The lowest BCUT2D eigenvalue weighted by molar-refractivity contribution is -0.116. The van der Waals surface area contributed by atoms with Crippen LogP contribution in [-0.2, 0) is 9.59 Å². The number of hydrogen-bond donors (Lipinski definition) is 3. The van der Waals surface area contributed by atoms with E-state index in [9.17, 15) is 9.59 Å². The normalized spacial score (nSPS) is 9.50. The molecule has 20 heavy (non-hydrogen) atoms. The Morgan fingerprint density at radius 3 is 2.10 bits per heavy atom. The van der Waals surface area contributed by atoms with Gasteiger partial charge in [0.05, 0.1) is 0 Å². The van der Waals surface area contributed by atoms with Crippen LogP contribution in [-0.4, -0.2) is 25.4 Å². The number of hydrogen-bond acceptors (Lipinski definition) is 3. The van der Waals surface area contributed by atoms with Crippen molar-refractivity contribution < 1.29 is 9.59 Å². The molecule has 0 aliphatic rings. The van der Waals surface area contributed by atoms with Gasteiger partial charge in [-0.15, -0.1) is 12.4 Å². The molecule has 0 spiro atoms. The first-order valence-electron chi connectivity index (χ1n) is 6.50. The van der Waals surface area contributed by atoms with E-state index in [2.05, 4.69) is 16.0 Å². The molecule has 5 nitrogen and oxygen atoms in total. The number of nitrogens with one attached hydrogen (secondary N) is 3. The maximum atomic E-state index is 11.6. The van der Waals surface area contributed by atoms with Gasteiger partial charge < -0.3 is 16.0 Å². The number of anilines is 2. The summed E-state index contributed by atoms with van der Waals surface area (Å²) in [4.78, 5) is 23.0. The summed E-state index contributed by atoms with van der Waals surface area (Å²) in [6, 6.07) is 7.16. The Balaban J connectivity index is 0.00000361. The van der Waals surface area contributed by atoms with Crippen LogP contribution in [0.25, 0.3) is 0 Å². The Kier molecular flexibility index (Phi) is 9.41. The quantitative estimate of drug-likeness (QED) is 0.724. The standard InChI is InChI=1S/C14H21N3O2.ClH/c1-3-5-13(18)16-11-6-4-7-12(10-11)17-14(19)8-9-15-2;/h4,6-7,10,15H,3,5,8-9H2,1-2H3,(H,16,18)(H,17,19);1H. The van der Waals surface area contributed by atoms with E-state index in [-0.39, 0.29) is 24.2 Å². The second kappa shape index (κ2) is 10.2. The fraction of sp³-hybridized carbons (Fsp3) is 0.429. The molecule has 0 saturated heterocycles. The second-order valence-electron chi connectivity index (χ2n) is 4.28. The third-order valence-electron chi connectivity index (χ3n) is 2.51. The Morgan fingerprint density at radius 1 is 1.05 bits per heavy atom. The topological polar surface area (TPSA) is 70.2 Å². The van der Waals surface area contributed by atoms with Gasteiger partial charge in [0.25, 0.3) is 0 Å². The molecule has 1 rings (SSSR count). The van der Waals surface area contributed by atoms with E-state index >= 15 is 0 Å². The zero-order valence-electron chi connectivity index (χ0n) is 11.9. The minimum atomic E-state index is -0.0496. The Labute approximate surface area is 125 Å². The molecule has 0 fully saturated rings. The zero-order chi connectivity index (χ0) is 14.1. The van der Waals surface area contributed by atoms with Crippen LogP contribution in [0.15, 0.2) is 24.3 Å². The highest BCUT2D eigenvalue weighted by molar-refractivity contribution is 5.94. The summed E-state index contributed by atoms with van der Waals surface area (Å²) < 4.78 is 0. The highest BCUT2D eigenvalue weighted by Crippen LogP contribution is 2.15. The minimum absolute atomic E-state index is 0. The molecule has 0 radical (unpaired) electrons. The first-order valence-corrected chi connectivity index (χ1v) is 6.50. The SMILES string of the molecule is CCCC(=O)Nc1cccc(NC(=O)CCNC)c1.Cl. The lowest BCUT2D eigenvalue weighted by Gasteiger charge is -2.08. The van der Waals surface area contributed by atoms with Gasteiger partial charge in [-0.2, -0.15) is 0 Å². The predicted molar refractivity (Wildman–Crippen MR) is 84.4 cm³/mol. The molecule has 0 saturated carbocycles. The van der Waals surface area contributed by atoms with E-state index in [1.54, 1.807) is 31.3 Å². The van der Waals surface area contributed by atoms with Crippen molar-refractivity contribution in [3.63, 3.8) is 0 Å². The average molecular weight is 300 g/mol. The van der Waals surface area contributed by atoms with E-state index < -0.39 is 0 Å². The Hall–Kier alpha value is -1.59. The number of amides is 2. The third-order valence-corrected chi connectivity index (χ3v) is 2.51. The number of halogens is 1. The van der Waals surface area contributed by atoms with Crippen LogP contribution in [0.4, 0.5) is 11.4 Å². The van der Waals surface area contributed by atoms with Gasteiger partial charge >= 0.3 is 0 Å². The molecule has 0 aromatic heterocycles. The van der Waals surface area contributed by atoms with E-state index in [0.29, 0.717) is 30.8 Å². The molecule has 112 valence electrons. The van der Waals surface area contributed by atoms with Crippen molar-refractivity contribution in [3.05, 3.63) is 24.3 Å². The zero-order valence-corrected chi connectivity index (χ0v) is 12.7. The van der Waals surface area contributed by atoms with Gasteiger partial charge in [0.2, 0.25) is 11.8 Å². The fourth-order valence-corrected chi connectivity index (χ4v) is 1.59. The molecule has 0 unspecified atom stereocenters. The summed E-state index contributed by atoms with van der Waals surface area (Å²) in [5, 5.41) is 8.51. The lowest BCUT2D eigenvalue weighted by atomic mass is 10.2. The molecule has 1 aromatic rings. The first-order chi connectivity index (χ1) is 9.15. The van der Waals surface area contributed by atoms with Crippen molar-refractivity contribution in [3.8, 4) is 0 Å². The van der Waals surface area contributed by atoms with Gasteiger partial charge in [-0.3, -0.25) is 9.59 Å². The highest BCUT2D eigenvalue weighted by atomic mass is 35.5. The molecular weight excluding hydrogens is 278 g/mol. The van der Waals surface area contributed by atoms with Crippen LogP contribution >= 0.6 is 12.4 Å². The monoisotopic (exact) mass is 299 g/mol. The molecule has 1 aromatic carbocycles. The smallest absolute Gasteiger partial charge is 0.225 e. The van der Waals surface area contributed by atoms with Crippen LogP contribution in [0.5, 0.6) is 0 Å². The van der Waals surface area contributed by atoms with Crippen molar-refractivity contribution in [1.82, 2.24) is 5.32 Å².